The number of urea groups is 1. The molecule has 3 rings (SSSR count). The Balaban J connectivity index is 2.19. The Morgan fingerprint density at radius 2 is 1.73 bits per heavy atom. The van der Waals surface area contributed by atoms with Crippen LogP contribution in [0.15, 0.2) is 42.5 Å². The first kappa shape index (κ1) is 23.4. The van der Waals surface area contributed by atoms with Crippen LogP contribution in [-0.4, -0.2) is 50.0 Å². The second-order valence-corrected chi connectivity index (χ2v) is 6.68. The van der Waals surface area contributed by atoms with Crippen molar-refractivity contribution in [3.05, 3.63) is 59.5 Å². The van der Waals surface area contributed by atoms with Crippen LogP contribution < -0.4 is 24.8 Å². The molecule has 3 aromatic rings. The Hall–Kier alpha value is -4.28. The van der Waals surface area contributed by atoms with E-state index in [2.05, 4.69) is 4.98 Å². The van der Waals surface area contributed by atoms with Gasteiger partial charge in [0.05, 0.1) is 40.7 Å². The highest BCUT2D eigenvalue weighted by Gasteiger charge is 2.31. The molecule has 0 bridgehead atoms. The summed E-state index contributed by atoms with van der Waals surface area (Å²) in [4.78, 5) is 30.6. The van der Waals surface area contributed by atoms with E-state index in [1.165, 1.54) is 57.3 Å². The summed E-state index contributed by atoms with van der Waals surface area (Å²) in [5, 5.41) is 0. The minimum atomic E-state index is -0.885. The first-order valence-corrected chi connectivity index (χ1v) is 9.63. The quantitative estimate of drug-likeness (QED) is 0.516. The summed E-state index contributed by atoms with van der Waals surface area (Å²) < 4.78 is 35.6. The van der Waals surface area contributed by atoms with Crippen molar-refractivity contribution < 1.29 is 32.9 Å². The third kappa shape index (κ3) is 4.66. The molecule has 2 amide bonds. The molecule has 0 spiro atoms. The van der Waals surface area contributed by atoms with E-state index >= 15 is 0 Å². The number of amides is 2. The Kier molecular flexibility index (Phi) is 7.01. The predicted octanol–water partition coefficient (Wildman–Crippen LogP) is 2.91. The topological polar surface area (TPSA) is 118 Å². The highest BCUT2D eigenvalue weighted by atomic mass is 19.1. The van der Waals surface area contributed by atoms with Crippen molar-refractivity contribution in [3.63, 3.8) is 0 Å². The number of anilines is 1. The van der Waals surface area contributed by atoms with Crippen LogP contribution in [0.4, 0.5) is 15.0 Å². The second-order valence-electron chi connectivity index (χ2n) is 6.68. The highest BCUT2D eigenvalue weighted by Crippen LogP contribution is 2.33. The van der Waals surface area contributed by atoms with E-state index in [0.29, 0.717) is 22.7 Å². The van der Waals surface area contributed by atoms with Gasteiger partial charge in [0.25, 0.3) is 0 Å². The molecule has 0 atom stereocenters. The number of halogens is 1. The van der Waals surface area contributed by atoms with Gasteiger partial charge in [-0.1, -0.05) is 0 Å². The minimum absolute atomic E-state index is 0.0371. The number of methoxy groups -OCH3 is 4. The van der Waals surface area contributed by atoms with Gasteiger partial charge in [-0.15, -0.1) is 0 Å². The van der Waals surface area contributed by atoms with Crippen LogP contribution in [0, 0.1) is 5.82 Å². The summed E-state index contributed by atoms with van der Waals surface area (Å²) in [7, 11) is 5.51. The summed E-state index contributed by atoms with van der Waals surface area (Å²) in [6.45, 7) is -0.0872. The molecule has 0 aliphatic heterocycles. The maximum Gasteiger partial charge on any atom is 0.359 e. The van der Waals surface area contributed by atoms with Crippen LogP contribution in [0.25, 0.3) is 5.69 Å². The molecule has 0 aliphatic carbocycles. The van der Waals surface area contributed by atoms with Crippen LogP contribution in [0.1, 0.15) is 16.1 Å². The fraction of sp³-hybridized carbons (Fsp3) is 0.227. The van der Waals surface area contributed by atoms with E-state index in [-0.39, 0.29) is 24.1 Å². The molecule has 0 aliphatic rings. The van der Waals surface area contributed by atoms with E-state index in [9.17, 15) is 14.0 Å². The molecule has 1 aromatic heterocycles. The minimum Gasteiger partial charge on any atom is -0.497 e. The van der Waals surface area contributed by atoms with Gasteiger partial charge in [-0.3, -0.25) is 9.47 Å². The average molecular weight is 458 g/mol. The summed E-state index contributed by atoms with van der Waals surface area (Å²) in [5.41, 5.74) is 6.46. The first-order valence-electron chi connectivity index (χ1n) is 9.63. The number of hydrogen-bond donors (Lipinski definition) is 1. The second kappa shape index (κ2) is 9.90. The number of hydrogen-bond acceptors (Lipinski definition) is 7. The molecule has 33 heavy (non-hydrogen) atoms. The lowest BCUT2D eigenvalue weighted by Gasteiger charge is -2.21. The lowest BCUT2D eigenvalue weighted by atomic mass is 10.1. The smallest absolute Gasteiger partial charge is 0.359 e. The van der Waals surface area contributed by atoms with Crippen LogP contribution in [0.2, 0.25) is 0 Å². The molecule has 0 unspecified atom stereocenters. The number of esters is 1. The lowest BCUT2D eigenvalue weighted by Crippen LogP contribution is -2.36. The Labute approximate surface area is 189 Å². The van der Waals surface area contributed by atoms with Crippen molar-refractivity contribution in [2.24, 2.45) is 5.73 Å². The number of primary amides is 1. The van der Waals surface area contributed by atoms with Gasteiger partial charge in [-0.2, -0.15) is 4.98 Å². The zero-order valence-electron chi connectivity index (χ0n) is 18.5. The van der Waals surface area contributed by atoms with E-state index < -0.39 is 17.8 Å². The molecule has 10 nitrogen and oxygen atoms in total. The zero-order valence-corrected chi connectivity index (χ0v) is 18.5. The Bertz CT molecular complexity index is 1160. The Morgan fingerprint density at radius 3 is 2.27 bits per heavy atom. The maximum atomic E-state index is 13.5. The molecular formula is C22H23FN4O6. The van der Waals surface area contributed by atoms with Gasteiger partial charge in [-0.05, 0) is 36.4 Å². The first-order chi connectivity index (χ1) is 15.8. The van der Waals surface area contributed by atoms with Crippen LogP contribution in [0.3, 0.4) is 0 Å². The monoisotopic (exact) mass is 458 g/mol. The molecule has 0 fully saturated rings. The van der Waals surface area contributed by atoms with E-state index in [0.717, 1.165) is 4.90 Å². The molecule has 11 heteroatoms. The number of aromatic nitrogens is 2. The number of ether oxygens (including phenoxy) is 4. The zero-order chi connectivity index (χ0) is 24.1. The molecule has 174 valence electrons. The molecule has 0 saturated carbocycles. The van der Waals surface area contributed by atoms with Crippen molar-refractivity contribution in [2.45, 2.75) is 6.54 Å². The number of nitrogens with zero attached hydrogens (tertiary/aromatic N) is 3. The molecule has 0 radical (unpaired) electrons. The Morgan fingerprint density at radius 1 is 1.03 bits per heavy atom. The number of imidazole rings is 1. The number of benzene rings is 2. The van der Waals surface area contributed by atoms with Gasteiger partial charge in [0.1, 0.15) is 17.3 Å². The van der Waals surface area contributed by atoms with Gasteiger partial charge in [0.15, 0.2) is 11.5 Å². The average Bonchev–Trinajstić information content (AvgIpc) is 3.21. The highest BCUT2D eigenvalue weighted by molar-refractivity contribution is 6.00. The van der Waals surface area contributed by atoms with Gasteiger partial charge in [0.2, 0.25) is 0 Å². The van der Waals surface area contributed by atoms with Crippen molar-refractivity contribution in [1.82, 2.24) is 9.55 Å². The summed E-state index contributed by atoms with van der Waals surface area (Å²) in [5.74, 6) is -0.390. The van der Waals surface area contributed by atoms with Crippen LogP contribution >= 0.6 is 0 Å². The fourth-order valence-corrected chi connectivity index (χ4v) is 3.23. The maximum absolute atomic E-state index is 13.5. The lowest BCUT2D eigenvalue weighted by molar-refractivity contribution is 0.0591. The number of carbonyl (C=O) groups is 2. The van der Waals surface area contributed by atoms with Crippen LogP contribution in [0.5, 0.6) is 17.5 Å². The number of nitrogens with two attached hydrogens (primary N) is 1. The van der Waals surface area contributed by atoms with Gasteiger partial charge < -0.3 is 24.7 Å². The normalized spacial score (nSPS) is 10.5. The van der Waals surface area contributed by atoms with E-state index in [1.54, 1.807) is 18.2 Å². The summed E-state index contributed by atoms with van der Waals surface area (Å²) in [6, 6.07) is 9.39. The van der Waals surface area contributed by atoms with Crippen molar-refractivity contribution in [1.29, 1.82) is 0 Å². The number of carbonyl (C=O) groups excluding carboxylic acids is 2. The fourth-order valence-electron chi connectivity index (χ4n) is 3.23. The number of rotatable bonds is 8. The van der Waals surface area contributed by atoms with E-state index in [4.69, 9.17) is 24.7 Å². The molecule has 1 heterocycles. The predicted molar refractivity (Wildman–Crippen MR) is 117 cm³/mol. The standard InChI is InChI=1S/C22H23FN4O6/c1-30-16-10-5-13(17(11-16)31-2)12-26(21(24)29)19-18(20(28)32-3)27(22(25-19)33-4)15-8-6-14(23)7-9-15/h5-11H,12H2,1-4H3,(H2,24,29). The molecule has 0 saturated heterocycles. The van der Waals surface area contributed by atoms with Crippen molar-refractivity contribution in [3.8, 4) is 23.2 Å². The van der Waals surface area contributed by atoms with Crippen LogP contribution in [-0.2, 0) is 11.3 Å². The SMILES string of the molecule is COC(=O)c1c(N(Cc2ccc(OC)cc2OC)C(N)=O)nc(OC)n1-c1ccc(F)cc1. The van der Waals surface area contributed by atoms with Crippen molar-refractivity contribution >= 4 is 17.8 Å². The van der Waals surface area contributed by atoms with Gasteiger partial charge >= 0.3 is 18.0 Å². The molecule has 2 aromatic carbocycles. The van der Waals surface area contributed by atoms with Gasteiger partial charge in [-0.25, -0.2) is 14.0 Å². The third-order valence-corrected chi connectivity index (χ3v) is 4.82. The van der Waals surface area contributed by atoms with Crippen molar-refractivity contribution in [2.75, 3.05) is 33.3 Å². The van der Waals surface area contributed by atoms with E-state index in [1.807, 2.05) is 0 Å². The summed E-state index contributed by atoms with van der Waals surface area (Å²) in [6.07, 6.45) is 0. The molecule has 2 N–H and O–H groups in total. The summed E-state index contributed by atoms with van der Waals surface area (Å²) >= 11 is 0. The largest absolute Gasteiger partial charge is 0.497 e. The third-order valence-electron chi connectivity index (χ3n) is 4.82. The van der Waals surface area contributed by atoms with Gasteiger partial charge in [0, 0.05) is 11.6 Å². The molecular weight excluding hydrogens is 435 g/mol.